The Labute approximate surface area is 118 Å². The molecular weight excluding hydrogens is 260 g/mol. The summed E-state index contributed by atoms with van der Waals surface area (Å²) in [5.41, 5.74) is 6.62. The van der Waals surface area contributed by atoms with Gasteiger partial charge in [0.2, 0.25) is 0 Å². The van der Waals surface area contributed by atoms with E-state index in [-0.39, 0.29) is 18.6 Å². The van der Waals surface area contributed by atoms with Crippen molar-refractivity contribution in [3.05, 3.63) is 17.7 Å². The molecule has 1 aromatic rings. The molecule has 1 aliphatic rings. The van der Waals surface area contributed by atoms with Gasteiger partial charge in [-0.15, -0.1) is 0 Å². The molecule has 0 spiro atoms. The number of hydrogen-bond donors (Lipinski definition) is 2. The number of aliphatic hydroxyl groups excluding tert-OH is 1. The minimum Gasteiger partial charge on any atom is -0.497 e. The van der Waals surface area contributed by atoms with E-state index >= 15 is 0 Å². The lowest BCUT2D eigenvalue weighted by molar-refractivity contribution is 0.0678. The SMILES string of the molecule is COc1cc(OC)c(N)c(C(=O)N2CCC[C@@H]2CO)c1. The lowest BCUT2D eigenvalue weighted by Gasteiger charge is -2.24. The van der Waals surface area contributed by atoms with Crippen molar-refractivity contribution in [2.45, 2.75) is 18.9 Å². The lowest BCUT2D eigenvalue weighted by Crippen LogP contribution is -2.38. The fourth-order valence-corrected chi connectivity index (χ4v) is 2.51. The fourth-order valence-electron chi connectivity index (χ4n) is 2.51. The fraction of sp³-hybridized carbons (Fsp3) is 0.500. The van der Waals surface area contributed by atoms with Gasteiger partial charge < -0.3 is 25.2 Å². The Bertz CT molecular complexity index is 504. The second-order valence-corrected chi connectivity index (χ2v) is 4.77. The zero-order valence-electron chi connectivity index (χ0n) is 11.8. The van der Waals surface area contributed by atoms with Crippen LogP contribution in [0, 0.1) is 0 Å². The van der Waals surface area contributed by atoms with Crippen LogP contribution in [-0.4, -0.2) is 49.3 Å². The van der Waals surface area contributed by atoms with Gasteiger partial charge in [-0.25, -0.2) is 0 Å². The van der Waals surface area contributed by atoms with E-state index in [1.165, 1.54) is 14.2 Å². The molecule has 110 valence electrons. The number of methoxy groups -OCH3 is 2. The van der Waals surface area contributed by atoms with Crippen LogP contribution in [0.15, 0.2) is 12.1 Å². The predicted molar refractivity (Wildman–Crippen MR) is 75.1 cm³/mol. The second kappa shape index (κ2) is 6.00. The summed E-state index contributed by atoms with van der Waals surface area (Å²) in [4.78, 5) is 14.3. The van der Waals surface area contributed by atoms with E-state index in [0.29, 0.717) is 29.3 Å². The molecule has 1 saturated heterocycles. The van der Waals surface area contributed by atoms with Gasteiger partial charge in [-0.1, -0.05) is 0 Å². The van der Waals surface area contributed by atoms with Gasteiger partial charge in [0, 0.05) is 12.6 Å². The average Bonchev–Trinajstić information content (AvgIpc) is 2.95. The molecule has 2 rings (SSSR count). The zero-order chi connectivity index (χ0) is 14.7. The summed E-state index contributed by atoms with van der Waals surface area (Å²) in [6.07, 6.45) is 1.70. The highest BCUT2D eigenvalue weighted by Crippen LogP contribution is 2.33. The molecule has 6 nitrogen and oxygen atoms in total. The number of ether oxygens (including phenoxy) is 2. The number of carbonyl (C=O) groups excluding carboxylic acids is 1. The third-order valence-electron chi connectivity index (χ3n) is 3.65. The van der Waals surface area contributed by atoms with E-state index in [9.17, 15) is 9.90 Å². The first kappa shape index (κ1) is 14.5. The van der Waals surface area contributed by atoms with Crippen LogP contribution >= 0.6 is 0 Å². The van der Waals surface area contributed by atoms with E-state index < -0.39 is 0 Å². The molecule has 1 heterocycles. The first-order chi connectivity index (χ1) is 9.62. The smallest absolute Gasteiger partial charge is 0.256 e. The first-order valence-corrected chi connectivity index (χ1v) is 6.55. The molecule has 0 aromatic heterocycles. The number of nitrogens with zero attached hydrogens (tertiary/aromatic N) is 1. The normalized spacial score (nSPS) is 18.1. The minimum absolute atomic E-state index is 0.0350. The number of likely N-dealkylation sites (tertiary alicyclic amines) is 1. The van der Waals surface area contributed by atoms with Crippen molar-refractivity contribution < 1.29 is 19.4 Å². The number of nitrogen functional groups attached to an aromatic ring is 1. The van der Waals surface area contributed by atoms with E-state index in [1.54, 1.807) is 17.0 Å². The molecule has 1 atom stereocenters. The molecule has 0 aliphatic carbocycles. The van der Waals surface area contributed by atoms with Gasteiger partial charge in [0.25, 0.3) is 5.91 Å². The highest BCUT2D eigenvalue weighted by atomic mass is 16.5. The van der Waals surface area contributed by atoms with Crippen molar-refractivity contribution in [1.29, 1.82) is 0 Å². The molecule has 0 unspecified atom stereocenters. The molecule has 6 heteroatoms. The van der Waals surface area contributed by atoms with Gasteiger partial charge >= 0.3 is 0 Å². The summed E-state index contributed by atoms with van der Waals surface area (Å²) in [7, 11) is 3.01. The maximum atomic E-state index is 12.6. The minimum atomic E-state index is -0.198. The van der Waals surface area contributed by atoms with Crippen LogP contribution < -0.4 is 15.2 Å². The molecule has 1 amide bonds. The number of rotatable bonds is 4. The molecule has 1 aromatic carbocycles. The number of nitrogens with two attached hydrogens (primary N) is 1. The number of amides is 1. The van der Waals surface area contributed by atoms with Gasteiger partial charge in [-0.3, -0.25) is 4.79 Å². The summed E-state index contributed by atoms with van der Waals surface area (Å²) in [6, 6.07) is 3.10. The molecule has 0 radical (unpaired) electrons. The van der Waals surface area contributed by atoms with Crippen molar-refractivity contribution in [1.82, 2.24) is 4.90 Å². The predicted octanol–water partition coefficient (Wildman–Crippen LogP) is 0.883. The van der Waals surface area contributed by atoms with Crippen LogP contribution in [0.1, 0.15) is 23.2 Å². The van der Waals surface area contributed by atoms with Crippen molar-refractivity contribution in [3.63, 3.8) is 0 Å². The Balaban J connectivity index is 2.38. The van der Waals surface area contributed by atoms with E-state index in [2.05, 4.69) is 0 Å². The van der Waals surface area contributed by atoms with Crippen molar-refractivity contribution in [3.8, 4) is 11.5 Å². The average molecular weight is 280 g/mol. The van der Waals surface area contributed by atoms with E-state index in [4.69, 9.17) is 15.2 Å². The Morgan fingerprint density at radius 1 is 1.45 bits per heavy atom. The zero-order valence-corrected chi connectivity index (χ0v) is 11.8. The van der Waals surface area contributed by atoms with Crippen LogP contribution in [0.25, 0.3) is 0 Å². The number of hydrogen-bond acceptors (Lipinski definition) is 5. The highest BCUT2D eigenvalue weighted by molar-refractivity contribution is 6.01. The standard InChI is InChI=1S/C14H20N2O4/c1-19-10-6-11(13(15)12(7-10)20-2)14(18)16-5-3-4-9(16)8-17/h6-7,9,17H,3-5,8,15H2,1-2H3/t9-/m1/s1. The Morgan fingerprint density at radius 2 is 2.20 bits per heavy atom. The van der Waals surface area contributed by atoms with Crippen molar-refractivity contribution in [2.24, 2.45) is 0 Å². The highest BCUT2D eigenvalue weighted by Gasteiger charge is 2.30. The summed E-state index contributed by atoms with van der Waals surface area (Å²) in [5.74, 6) is 0.725. The monoisotopic (exact) mass is 280 g/mol. The summed E-state index contributed by atoms with van der Waals surface area (Å²) < 4.78 is 10.3. The lowest BCUT2D eigenvalue weighted by atomic mass is 10.1. The molecule has 1 aliphatic heterocycles. The van der Waals surface area contributed by atoms with Gasteiger partial charge in [0.05, 0.1) is 38.1 Å². The number of benzene rings is 1. The molecule has 0 bridgehead atoms. The maximum absolute atomic E-state index is 12.6. The quantitative estimate of drug-likeness (QED) is 0.800. The maximum Gasteiger partial charge on any atom is 0.256 e. The molecule has 1 fully saturated rings. The molecule has 3 N–H and O–H groups in total. The summed E-state index contributed by atoms with van der Waals surface area (Å²) in [5, 5.41) is 9.33. The summed E-state index contributed by atoms with van der Waals surface area (Å²) in [6.45, 7) is 0.593. The molecular formula is C14H20N2O4. The van der Waals surface area contributed by atoms with Gasteiger partial charge in [0.1, 0.15) is 11.5 Å². The topological polar surface area (TPSA) is 85.0 Å². The van der Waals surface area contributed by atoms with Crippen LogP contribution in [0.5, 0.6) is 11.5 Å². The van der Waals surface area contributed by atoms with Gasteiger partial charge in [0.15, 0.2) is 0 Å². The third-order valence-corrected chi connectivity index (χ3v) is 3.65. The summed E-state index contributed by atoms with van der Waals surface area (Å²) >= 11 is 0. The van der Waals surface area contributed by atoms with Crippen LogP contribution in [0.3, 0.4) is 0 Å². The van der Waals surface area contributed by atoms with Crippen LogP contribution in [0.4, 0.5) is 5.69 Å². The van der Waals surface area contributed by atoms with Gasteiger partial charge in [-0.05, 0) is 18.9 Å². The first-order valence-electron chi connectivity index (χ1n) is 6.55. The largest absolute Gasteiger partial charge is 0.497 e. The van der Waals surface area contributed by atoms with E-state index in [1.807, 2.05) is 0 Å². The van der Waals surface area contributed by atoms with Crippen LogP contribution in [0.2, 0.25) is 0 Å². The molecule has 20 heavy (non-hydrogen) atoms. The van der Waals surface area contributed by atoms with Gasteiger partial charge in [-0.2, -0.15) is 0 Å². The number of anilines is 1. The Kier molecular flexibility index (Phi) is 4.34. The van der Waals surface area contributed by atoms with Crippen LogP contribution in [-0.2, 0) is 0 Å². The second-order valence-electron chi connectivity index (χ2n) is 4.77. The Hall–Kier alpha value is -1.95. The van der Waals surface area contributed by atoms with Crippen molar-refractivity contribution in [2.75, 3.05) is 33.1 Å². The number of aliphatic hydroxyl groups is 1. The number of carbonyl (C=O) groups is 1. The molecule has 0 saturated carbocycles. The Morgan fingerprint density at radius 3 is 2.80 bits per heavy atom. The third kappa shape index (κ3) is 2.51. The van der Waals surface area contributed by atoms with Crippen molar-refractivity contribution >= 4 is 11.6 Å². The van der Waals surface area contributed by atoms with E-state index in [0.717, 1.165) is 12.8 Å².